The molecule has 0 saturated carbocycles. The number of nitrogens with zero attached hydrogens (tertiary/aromatic N) is 1. The van der Waals surface area contributed by atoms with Gasteiger partial charge in [0.2, 0.25) is 0 Å². The van der Waals surface area contributed by atoms with Crippen LogP contribution in [0, 0.1) is 12.7 Å². The highest BCUT2D eigenvalue weighted by atomic mass is 32.1. The topological polar surface area (TPSA) is 24.4 Å². The molecule has 0 bridgehead atoms. The van der Waals surface area contributed by atoms with E-state index < -0.39 is 0 Å². The smallest absolute Gasteiger partial charge is 0.141 e. The Kier molecular flexibility index (Phi) is 2.44. The Morgan fingerprint density at radius 1 is 1.41 bits per heavy atom. The molecule has 1 unspecified atom stereocenters. The van der Waals surface area contributed by atoms with E-state index in [1.807, 2.05) is 25.3 Å². The summed E-state index contributed by atoms with van der Waals surface area (Å²) in [7, 11) is 0. The van der Waals surface area contributed by atoms with Crippen molar-refractivity contribution in [3.8, 4) is 0 Å². The third-order valence-corrected chi connectivity index (χ3v) is 4.02. The summed E-state index contributed by atoms with van der Waals surface area (Å²) in [5, 5.41) is 3.89. The highest BCUT2D eigenvalue weighted by molar-refractivity contribution is 7.19. The molecule has 2 aromatic rings. The van der Waals surface area contributed by atoms with E-state index in [9.17, 15) is 4.39 Å². The number of aliphatic imine (C=N–C) groups is 1. The third-order valence-electron chi connectivity index (χ3n) is 2.87. The van der Waals surface area contributed by atoms with E-state index in [1.165, 1.54) is 17.4 Å². The summed E-state index contributed by atoms with van der Waals surface area (Å²) >= 11 is 1.50. The van der Waals surface area contributed by atoms with Crippen LogP contribution in [-0.4, -0.2) is 6.34 Å². The number of hydrogen-bond donors (Lipinski definition) is 1. The van der Waals surface area contributed by atoms with Crippen LogP contribution in [0.25, 0.3) is 10.1 Å². The van der Waals surface area contributed by atoms with E-state index in [0.29, 0.717) is 0 Å². The molecule has 2 nitrogen and oxygen atoms in total. The molecule has 0 saturated heterocycles. The maximum atomic E-state index is 13.7. The van der Waals surface area contributed by atoms with Gasteiger partial charge >= 0.3 is 0 Å². The van der Waals surface area contributed by atoms with Crippen molar-refractivity contribution < 1.29 is 4.39 Å². The fourth-order valence-corrected chi connectivity index (χ4v) is 3.22. The van der Waals surface area contributed by atoms with Crippen LogP contribution in [0.4, 0.5) is 4.39 Å². The second kappa shape index (κ2) is 3.96. The van der Waals surface area contributed by atoms with Crippen LogP contribution >= 0.6 is 11.3 Å². The zero-order valence-corrected chi connectivity index (χ0v) is 10.1. The molecule has 0 aliphatic carbocycles. The van der Waals surface area contributed by atoms with E-state index in [0.717, 1.165) is 20.5 Å². The zero-order chi connectivity index (χ0) is 11.8. The van der Waals surface area contributed by atoms with E-state index in [1.54, 1.807) is 12.4 Å². The molecular formula is C13H11FN2S. The highest BCUT2D eigenvalue weighted by Gasteiger charge is 2.18. The van der Waals surface area contributed by atoms with Crippen LogP contribution in [-0.2, 0) is 0 Å². The fourth-order valence-electron chi connectivity index (χ4n) is 2.12. The van der Waals surface area contributed by atoms with Crippen LogP contribution in [0.3, 0.4) is 0 Å². The van der Waals surface area contributed by atoms with Crippen molar-refractivity contribution >= 4 is 27.8 Å². The van der Waals surface area contributed by atoms with Crippen LogP contribution in [0.1, 0.15) is 16.5 Å². The quantitative estimate of drug-likeness (QED) is 0.817. The van der Waals surface area contributed by atoms with Gasteiger partial charge in [0.15, 0.2) is 0 Å². The van der Waals surface area contributed by atoms with Gasteiger partial charge in [0.05, 0.1) is 17.1 Å². The molecule has 1 aromatic heterocycles. The summed E-state index contributed by atoms with van der Waals surface area (Å²) in [4.78, 5) is 5.50. The minimum absolute atomic E-state index is 0.00759. The normalized spacial score (nSPS) is 18.6. The predicted molar refractivity (Wildman–Crippen MR) is 70.0 cm³/mol. The lowest BCUT2D eigenvalue weighted by atomic mass is 10.0. The minimum Gasteiger partial charge on any atom is -0.353 e. The Morgan fingerprint density at radius 3 is 3.06 bits per heavy atom. The van der Waals surface area contributed by atoms with Gasteiger partial charge in [0.1, 0.15) is 5.82 Å². The highest BCUT2D eigenvalue weighted by Crippen LogP contribution is 2.38. The molecule has 0 fully saturated rings. The number of thiophene rings is 1. The number of halogens is 1. The van der Waals surface area contributed by atoms with Gasteiger partial charge in [-0.3, -0.25) is 4.99 Å². The van der Waals surface area contributed by atoms with Gasteiger partial charge in [-0.25, -0.2) is 4.39 Å². The van der Waals surface area contributed by atoms with Crippen molar-refractivity contribution in [3.63, 3.8) is 0 Å². The minimum atomic E-state index is -0.149. The van der Waals surface area contributed by atoms with E-state index in [4.69, 9.17) is 0 Å². The maximum Gasteiger partial charge on any atom is 0.141 e. The first-order chi connectivity index (χ1) is 8.27. The second-order valence-electron chi connectivity index (χ2n) is 3.94. The van der Waals surface area contributed by atoms with Crippen molar-refractivity contribution in [3.05, 3.63) is 46.7 Å². The number of hydrogen-bond acceptors (Lipinski definition) is 3. The summed E-state index contributed by atoms with van der Waals surface area (Å²) in [6.45, 7) is 2.02. The lowest BCUT2D eigenvalue weighted by Crippen LogP contribution is -2.08. The first-order valence-corrected chi connectivity index (χ1v) is 6.21. The van der Waals surface area contributed by atoms with Crippen LogP contribution in [0.2, 0.25) is 0 Å². The first-order valence-electron chi connectivity index (χ1n) is 5.39. The third kappa shape index (κ3) is 1.65. The lowest BCUT2D eigenvalue weighted by molar-refractivity contribution is 0.641. The Bertz CT molecular complexity index is 616. The SMILES string of the molecule is Cc1sc2c(F)cccc2c1C1C=CNC=N1. The Labute approximate surface area is 102 Å². The average Bonchev–Trinajstić information content (AvgIpc) is 2.68. The van der Waals surface area contributed by atoms with Crippen LogP contribution in [0.15, 0.2) is 35.5 Å². The monoisotopic (exact) mass is 246 g/mol. The molecule has 86 valence electrons. The number of aryl methyl sites for hydroxylation is 1. The fraction of sp³-hybridized carbons (Fsp3) is 0.154. The summed E-state index contributed by atoms with van der Waals surface area (Å²) in [5.74, 6) is -0.149. The molecule has 1 N–H and O–H groups in total. The number of benzene rings is 1. The molecule has 0 spiro atoms. The van der Waals surface area contributed by atoms with Gasteiger partial charge in [-0.05, 0) is 19.1 Å². The predicted octanol–water partition coefficient (Wildman–Crippen LogP) is 3.54. The molecule has 1 aliphatic heterocycles. The van der Waals surface area contributed by atoms with E-state index >= 15 is 0 Å². The Hall–Kier alpha value is -1.68. The number of nitrogens with one attached hydrogen (secondary N) is 1. The molecule has 4 heteroatoms. The van der Waals surface area contributed by atoms with Crippen LogP contribution in [0.5, 0.6) is 0 Å². The number of fused-ring (bicyclic) bond motifs is 1. The molecule has 1 aliphatic rings. The Balaban J connectivity index is 2.25. The van der Waals surface area contributed by atoms with Gasteiger partial charge in [0, 0.05) is 22.0 Å². The number of rotatable bonds is 1. The summed E-state index contributed by atoms with van der Waals surface area (Å²) in [6, 6.07) is 5.21. The zero-order valence-electron chi connectivity index (χ0n) is 9.27. The summed E-state index contributed by atoms with van der Waals surface area (Å²) in [5.41, 5.74) is 1.11. The van der Waals surface area contributed by atoms with Gasteiger partial charge in [0.25, 0.3) is 0 Å². The molecule has 3 rings (SSSR count). The largest absolute Gasteiger partial charge is 0.353 e. The van der Waals surface area contributed by atoms with Gasteiger partial charge in [-0.1, -0.05) is 12.1 Å². The van der Waals surface area contributed by atoms with E-state index in [2.05, 4.69) is 10.3 Å². The average molecular weight is 246 g/mol. The first kappa shape index (κ1) is 10.5. The Morgan fingerprint density at radius 2 is 2.29 bits per heavy atom. The summed E-state index contributed by atoms with van der Waals surface area (Å²) in [6.07, 6.45) is 5.52. The van der Waals surface area contributed by atoms with Crippen molar-refractivity contribution in [1.29, 1.82) is 0 Å². The molecule has 2 heterocycles. The van der Waals surface area contributed by atoms with Crippen molar-refractivity contribution in [1.82, 2.24) is 5.32 Å². The maximum absolute atomic E-state index is 13.7. The molecule has 1 atom stereocenters. The summed E-state index contributed by atoms with van der Waals surface area (Å²) < 4.78 is 14.4. The molecular weight excluding hydrogens is 235 g/mol. The lowest BCUT2D eigenvalue weighted by Gasteiger charge is -2.11. The second-order valence-corrected chi connectivity index (χ2v) is 5.16. The molecule has 0 amide bonds. The molecule has 0 radical (unpaired) electrons. The standard InChI is InChI=1S/C13H11FN2S/c1-8-12(11-5-6-15-7-16-11)9-3-2-4-10(14)13(9)17-8/h2-7,11H,1H3,(H,15,16). The van der Waals surface area contributed by atoms with E-state index in [-0.39, 0.29) is 11.9 Å². The van der Waals surface area contributed by atoms with Gasteiger partial charge < -0.3 is 5.32 Å². The van der Waals surface area contributed by atoms with Crippen molar-refractivity contribution in [2.75, 3.05) is 0 Å². The van der Waals surface area contributed by atoms with Gasteiger partial charge in [-0.2, -0.15) is 0 Å². The van der Waals surface area contributed by atoms with Crippen molar-refractivity contribution in [2.24, 2.45) is 4.99 Å². The van der Waals surface area contributed by atoms with Gasteiger partial charge in [-0.15, -0.1) is 11.3 Å². The van der Waals surface area contributed by atoms with Crippen LogP contribution < -0.4 is 5.32 Å². The molecule has 1 aromatic carbocycles. The molecule has 17 heavy (non-hydrogen) atoms. The van der Waals surface area contributed by atoms with Crippen molar-refractivity contribution in [2.45, 2.75) is 13.0 Å².